The van der Waals surface area contributed by atoms with E-state index in [4.69, 9.17) is 28.4 Å². The van der Waals surface area contributed by atoms with Crippen molar-refractivity contribution in [2.45, 2.75) is 195 Å². The van der Waals surface area contributed by atoms with E-state index in [0.717, 1.165) is 155 Å². The predicted molar refractivity (Wildman–Crippen MR) is 245 cm³/mol. The van der Waals surface area contributed by atoms with Crippen molar-refractivity contribution in [3.8, 4) is 0 Å². The van der Waals surface area contributed by atoms with E-state index in [0.29, 0.717) is 39.1 Å². The molecule has 0 aliphatic rings. The first-order chi connectivity index (χ1) is 29.9. The molecule has 0 heterocycles. The van der Waals surface area contributed by atoms with Crippen molar-refractivity contribution in [1.29, 1.82) is 0 Å². The molecule has 0 aromatic rings. The Morgan fingerprint density at radius 3 is 0.692 bits per heavy atom. The van der Waals surface area contributed by atoms with Gasteiger partial charge in [0.15, 0.2) is 0 Å². The topological polar surface area (TPSA) is 273 Å². The molecule has 0 saturated heterocycles. The summed E-state index contributed by atoms with van der Waals surface area (Å²) in [6.07, 6.45) is 20.6. The van der Waals surface area contributed by atoms with E-state index in [1.54, 1.807) is 0 Å². The van der Waals surface area contributed by atoms with E-state index in [-0.39, 0.29) is 72.9 Å². The molecule has 0 spiro atoms. The van der Waals surface area contributed by atoms with E-state index in [2.05, 4.69) is 34.3 Å². The molecule has 0 rings (SSSR count). The van der Waals surface area contributed by atoms with Crippen LogP contribution in [-0.4, -0.2) is 132 Å². The van der Waals surface area contributed by atoms with Crippen LogP contribution in [0.3, 0.4) is 0 Å². The number of hydrogen-bond acceptors (Lipinski definition) is 18. The number of unbranched alkanes of at least 4 members (excludes halogenated alkanes) is 15. The van der Waals surface area contributed by atoms with Gasteiger partial charge in [0.1, 0.15) is 0 Å². The van der Waals surface area contributed by atoms with Crippen LogP contribution in [0, 0.1) is 0 Å². The summed E-state index contributed by atoms with van der Waals surface area (Å²) in [4.78, 5) is 61.2. The zero-order chi connectivity index (χ0) is 47.9. The third-order valence-electron chi connectivity index (χ3n) is 8.67. The molecule has 0 aliphatic carbocycles. The molecule has 0 aromatic heterocycles. The fraction of sp³-hybridized carbons (Fsp3) is 1.00. The molecule has 0 radical (unpaired) electrons. The van der Waals surface area contributed by atoms with Crippen molar-refractivity contribution < 1.29 is 85.0 Å². The van der Waals surface area contributed by atoms with E-state index in [1.807, 2.05) is 20.8 Å². The summed E-state index contributed by atoms with van der Waals surface area (Å²) in [6, 6.07) is 0. The van der Waals surface area contributed by atoms with Crippen LogP contribution in [-0.2, 0) is 55.7 Å². The maximum absolute atomic E-state index is 10.2. The average Bonchev–Trinajstić information content (AvgIpc) is 3.20. The molecule has 0 aliphatic heterocycles. The van der Waals surface area contributed by atoms with Crippen molar-refractivity contribution in [2.24, 2.45) is 0 Å². The smallest absolute Gasteiger partial charge is 0.790 e. The molecule has 23 heteroatoms. The Kier molecular flexibility index (Phi) is 62.9. The minimum Gasteiger partial charge on any atom is -0.790 e. The Morgan fingerprint density at radius 2 is 0.508 bits per heavy atom. The van der Waals surface area contributed by atoms with E-state index in [9.17, 15) is 43.1 Å². The summed E-state index contributed by atoms with van der Waals surface area (Å²) >= 11 is 0. The van der Waals surface area contributed by atoms with Crippen LogP contribution < -0.4 is 29.4 Å². The number of phosphoric acid groups is 3. The molecule has 384 valence electrons. The van der Waals surface area contributed by atoms with Gasteiger partial charge in [0.05, 0.1) is 81.4 Å². The quantitative estimate of drug-likeness (QED) is 0.0428. The molecule has 0 N–H and O–H groups in total. The van der Waals surface area contributed by atoms with Crippen molar-refractivity contribution in [2.75, 3.05) is 79.3 Å². The standard InChI is InChI=1S/3C14H31O6P.2Al/c3*1-3-10-19-14(2)13-18-11-8-6-4-5-7-9-12-20-21(15,16)17;;/h3*14H,3-13H2,1-2H3,(H2,15,16,17);;/q;;;2*+3/p-6. The zero-order valence-electron chi connectivity index (χ0n) is 40.9. The van der Waals surface area contributed by atoms with Crippen LogP contribution >= 0.6 is 23.5 Å². The van der Waals surface area contributed by atoms with Gasteiger partial charge in [0, 0.05) is 39.6 Å². The van der Waals surface area contributed by atoms with Crippen LogP contribution in [0.2, 0.25) is 0 Å². The molecule has 65 heavy (non-hydrogen) atoms. The number of hydrogen-bond donors (Lipinski definition) is 0. The summed E-state index contributed by atoms with van der Waals surface area (Å²) in [5.74, 6) is 0. The van der Waals surface area contributed by atoms with E-state index in [1.165, 1.54) is 0 Å². The molecule has 0 bridgehead atoms. The largest absolute Gasteiger partial charge is 3.00 e. The van der Waals surface area contributed by atoms with Gasteiger partial charge in [0.2, 0.25) is 0 Å². The first-order valence-electron chi connectivity index (χ1n) is 23.4. The summed E-state index contributed by atoms with van der Waals surface area (Å²) in [6.45, 7) is 18.8. The summed E-state index contributed by atoms with van der Waals surface area (Å²) < 4.78 is 76.1. The Bertz CT molecular complexity index is 946. The third-order valence-corrected chi connectivity index (χ3v) is 10.2. The van der Waals surface area contributed by atoms with Gasteiger partial charge in [-0.15, -0.1) is 0 Å². The molecular formula is C42H87Al2O18P3. The molecule has 0 saturated carbocycles. The minimum atomic E-state index is -4.78. The molecular weight excluding hydrogens is 939 g/mol. The normalized spacial score (nSPS) is 13.1. The van der Waals surface area contributed by atoms with Crippen molar-refractivity contribution in [3.63, 3.8) is 0 Å². The van der Waals surface area contributed by atoms with Crippen LogP contribution in [0.15, 0.2) is 0 Å². The van der Waals surface area contributed by atoms with E-state index < -0.39 is 23.5 Å². The minimum absolute atomic E-state index is 0. The predicted octanol–water partition coefficient (Wildman–Crippen LogP) is 5.25. The second-order valence-electron chi connectivity index (χ2n) is 15.5. The SMILES string of the molecule is CCCOC(C)COCCCCCCCCOP(=O)([O-])[O-].CCCOC(C)COCCCCCCCCOP(=O)([O-])[O-].CCCOC(C)COCCCCCCCCOP(=O)([O-])[O-].[Al+3].[Al+3]. The summed E-state index contributed by atoms with van der Waals surface area (Å²) in [7, 11) is -14.3. The molecule has 18 nitrogen and oxygen atoms in total. The first-order valence-corrected chi connectivity index (χ1v) is 27.8. The second-order valence-corrected chi connectivity index (χ2v) is 18.9. The molecule has 3 atom stereocenters. The van der Waals surface area contributed by atoms with Crippen molar-refractivity contribution >= 4 is 58.2 Å². The zero-order valence-corrected chi connectivity index (χ0v) is 45.9. The summed E-state index contributed by atoms with van der Waals surface area (Å²) in [5.41, 5.74) is 0. The van der Waals surface area contributed by atoms with Crippen molar-refractivity contribution in [3.05, 3.63) is 0 Å². The number of rotatable bonds is 45. The van der Waals surface area contributed by atoms with Crippen LogP contribution in [0.4, 0.5) is 0 Å². The molecule has 0 fully saturated rings. The third kappa shape index (κ3) is 76.8. The fourth-order valence-electron chi connectivity index (χ4n) is 5.42. The van der Waals surface area contributed by atoms with Crippen molar-refractivity contribution in [1.82, 2.24) is 0 Å². The Balaban J connectivity index is -0.000000273. The van der Waals surface area contributed by atoms with Gasteiger partial charge in [-0.05, 0) is 78.6 Å². The monoisotopic (exact) mass is 1030 g/mol. The van der Waals surface area contributed by atoms with Gasteiger partial charge in [0.25, 0.3) is 0 Å². The second kappa shape index (κ2) is 54.5. The average molecular weight is 1030 g/mol. The van der Waals surface area contributed by atoms with Crippen LogP contribution in [0.1, 0.15) is 176 Å². The molecule has 3 unspecified atom stereocenters. The fourth-order valence-corrected chi connectivity index (χ4v) is 6.48. The van der Waals surface area contributed by atoms with Gasteiger partial charge in [-0.2, -0.15) is 0 Å². The Labute approximate surface area is 415 Å². The number of phosphoric ester groups is 3. The van der Waals surface area contributed by atoms with E-state index >= 15 is 0 Å². The Morgan fingerprint density at radius 1 is 0.323 bits per heavy atom. The maximum Gasteiger partial charge on any atom is 3.00 e. The number of ether oxygens (including phenoxy) is 6. The van der Waals surface area contributed by atoms with Gasteiger partial charge < -0.3 is 85.0 Å². The molecule has 0 aromatic carbocycles. The summed E-state index contributed by atoms with van der Waals surface area (Å²) in [5, 5.41) is 0. The molecule has 0 amide bonds. The van der Waals surface area contributed by atoms with Gasteiger partial charge >= 0.3 is 34.7 Å². The van der Waals surface area contributed by atoms with Gasteiger partial charge in [-0.1, -0.05) is 97.8 Å². The Hall–Kier alpha value is 1.15. The van der Waals surface area contributed by atoms with Crippen LogP contribution in [0.5, 0.6) is 0 Å². The van der Waals surface area contributed by atoms with Gasteiger partial charge in [-0.3, -0.25) is 0 Å². The van der Waals surface area contributed by atoms with Gasteiger partial charge in [-0.25, -0.2) is 0 Å². The maximum atomic E-state index is 10.2. The van der Waals surface area contributed by atoms with Crippen LogP contribution in [0.25, 0.3) is 0 Å². The first kappa shape index (κ1) is 75.1.